The predicted molar refractivity (Wildman–Crippen MR) is 128 cm³/mol. The van der Waals surface area contributed by atoms with Crippen LogP contribution in [0.1, 0.15) is 24.0 Å². The molecule has 2 aromatic carbocycles. The smallest absolute Gasteiger partial charge is 0.224 e. The molecular weight excluding hydrogens is 491 g/mol. The van der Waals surface area contributed by atoms with E-state index in [0.29, 0.717) is 16.6 Å². The van der Waals surface area contributed by atoms with E-state index in [2.05, 4.69) is 44.3 Å². The monoisotopic (exact) mass is 514 g/mol. The fourth-order valence-corrected chi connectivity index (χ4v) is 5.58. The summed E-state index contributed by atoms with van der Waals surface area (Å²) >= 11 is 17.7. The van der Waals surface area contributed by atoms with Gasteiger partial charge in [0.25, 0.3) is 0 Å². The number of piperidine rings is 1. The predicted octanol–water partition coefficient (Wildman–Crippen LogP) is 6.02. The number of thioether (sulfide) groups is 1. The third-order valence-electron chi connectivity index (χ3n) is 5.03. The summed E-state index contributed by atoms with van der Waals surface area (Å²) in [6.45, 7) is 3.41. The third-order valence-corrected chi connectivity index (χ3v) is 7.21. The van der Waals surface area contributed by atoms with Gasteiger partial charge in [0.2, 0.25) is 5.91 Å². The van der Waals surface area contributed by atoms with Crippen molar-refractivity contribution < 1.29 is 4.79 Å². The van der Waals surface area contributed by atoms with E-state index in [1.807, 2.05) is 24.3 Å². The number of rotatable bonds is 8. The number of carbonyl (C=O) groups excluding carboxylic acids is 1. The lowest BCUT2D eigenvalue weighted by molar-refractivity contribution is -0.126. The maximum Gasteiger partial charge on any atom is 0.224 e. The van der Waals surface area contributed by atoms with Gasteiger partial charge in [-0.1, -0.05) is 57.3 Å². The molecule has 1 aliphatic heterocycles. The van der Waals surface area contributed by atoms with Crippen LogP contribution in [0.25, 0.3) is 0 Å². The second-order valence-electron chi connectivity index (χ2n) is 7.25. The average molecular weight is 516 g/mol. The van der Waals surface area contributed by atoms with Crippen LogP contribution in [0.2, 0.25) is 10.0 Å². The maximum atomic E-state index is 12.6. The second-order valence-corrected chi connectivity index (χ2v) is 10.1. The van der Waals surface area contributed by atoms with E-state index in [4.69, 9.17) is 23.2 Å². The molecule has 3 rings (SSSR count). The van der Waals surface area contributed by atoms with Gasteiger partial charge in [0, 0.05) is 45.7 Å². The normalized spacial score (nSPS) is 17.3. The minimum atomic E-state index is 0.0684. The maximum absolute atomic E-state index is 12.6. The van der Waals surface area contributed by atoms with Crippen molar-refractivity contribution in [2.75, 3.05) is 25.4 Å². The Morgan fingerprint density at radius 1 is 1.21 bits per heavy atom. The Morgan fingerprint density at radius 3 is 2.72 bits per heavy atom. The van der Waals surface area contributed by atoms with E-state index in [-0.39, 0.29) is 11.8 Å². The number of carbonyl (C=O) groups is 1. The lowest BCUT2D eigenvalue weighted by Crippen LogP contribution is -2.43. The number of nitrogens with zero attached hydrogens (tertiary/aromatic N) is 1. The molecule has 1 N–H and O–H groups in total. The highest BCUT2D eigenvalue weighted by molar-refractivity contribution is 9.10. The summed E-state index contributed by atoms with van der Waals surface area (Å²) in [6, 6.07) is 13.9. The minimum absolute atomic E-state index is 0.0684. The molecule has 0 saturated carbocycles. The van der Waals surface area contributed by atoms with Crippen LogP contribution in [0.3, 0.4) is 0 Å². The Bertz CT molecular complexity index is 816. The summed E-state index contributed by atoms with van der Waals surface area (Å²) in [6.07, 6.45) is 2.02. The molecule has 0 radical (unpaired) electrons. The van der Waals surface area contributed by atoms with Gasteiger partial charge < -0.3 is 5.32 Å². The van der Waals surface area contributed by atoms with Gasteiger partial charge in [-0.05, 0) is 54.8 Å². The zero-order chi connectivity index (χ0) is 20.6. The molecule has 29 heavy (non-hydrogen) atoms. The molecule has 1 unspecified atom stereocenters. The van der Waals surface area contributed by atoms with Crippen molar-refractivity contribution in [2.45, 2.75) is 25.1 Å². The average Bonchev–Trinajstić information content (AvgIpc) is 2.70. The van der Waals surface area contributed by atoms with E-state index in [9.17, 15) is 4.79 Å². The van der Waals surface area contributed by atoms with Crippen molar-refractivity contribution in [3.8, 4) is 0 Å². The van der Waals surface area contributed by atoms with E-state index < -0.39 is 0 Å². The number of benzene rings is 2. The van der Waals surface area contributed by atoms with E-state index in [1.165, 1.54) is 5.56 Å². The highest BCUT2D eigenvalue weighted by atomic mass is 79.9. The van der Waals surface area contributed by atoms with Gasteiger partial charge in [-0.25, -0.2) is 0 Å². The molecule has 1 saturated heterocycles. The molecule has 1 atom stereocenters. The SMILES string of the molecule is O=C(NCCSCc1c(Cl)cccc1Cl)C1CCCN(Cc2cccc(Br)c2)C1. The first-order valence-corrected chi connectivity index (χ1v) is 12.5. The Morgan fingerprint density at radius 2 is 1.97 bits per heavy atom. The van der Waals surface area contributed by atoms with E-state index in [0.717, 1.165) is 54.0 Å². The standard InChI is InChI=1S/C22H25BrCl2N2OS/c23-18-6-1-4-16(12-18)13-27-10-3-5-17(14-27)22(28)26-9-11-29-15-19-20(24)7-2-8-21(19)25/h1-2,4,6-8,12,17H,3,5,9-11,13-15H2,(H,26,28). The summed E-state index contributed by atoms with van der Waals surface area (Å²) in [5, 5.41) is 4.49. The van der Waals surface area contributed by atoms with Crippen LogP contribution in [0.4, 0.5) is 0 Å². The first kappa shape index (κ1) is 23.0. The van der Waals surface area contributed by atoms with Crippen LogP contribution in [-0.2, 0) is 17.1 Å². The van der Waals surface area contributed by atoms with Crippen LogP contribution in [0, 0.1) is 5.92 Å². The van der Waals surface area contributed by atoms with Gasteiger partial charge in [-0.15, -0.1) is 0 Å². The van der Waals surface area contributed by atoms with Gasteiger partial charge in [-0.2, -0.15) is 11.8 Å². The molecule has 0 aliphatic carbocycles. The van der Waals surface area contributed by atoms with Gasteiger partial charge in [0.1, 0.15) is 0 Å². The highest BCUT2D eigenvalue weighted by Gasteiger charge is 2.25. The zero-order valence-corrected chi connectivity index (χ0v) is 20.1. The molecule has 0 spiro atoms. The van der Waals surface area contributed by atoms with Gasteiger partial charge in [0.15, 0.2) is 0 Å². The molecule has 1 amide bonds. The van der Waals surface area contributed by atoms with Crippen LogP contribution >= 0.6 is 50.9 Å². The molecule has 0 aromatic heterocycles. The first-order chi connectivity index (χ1) is 14.0. The molecule has 1 heterocycles. The number of hydrogen-bond donors (Lipinski definition) is 1. The summed E-state index contributed by atoms with van der Waals surface area (Å²) in [4.78, 5) is 15.0. The summed E-state index contributed by atoms with van der Waals surface area (Å²) in [7, 11) is 0. The molecule has 7 heteroatoms. The molecule has 2 aromatic rings. The number of amides is 1. The van der Waals surface area contributed by atoms with Crippen molar-refractivity contribution in [3.63, 3.8) is 0 Å². The fourth-order valence-electron chi connectivity index (χ4n) is 3.54. The molecule has 156 valence electrons. The highest BCUT2D eigenvalue weighted by Crippen LogP contribution is 2.28. The van der Waals surface area contributed by atoms with Crippen LogP contribution in [0.15, 0.2) is 46.9 Å². The first-order valence-electron chi connectivity index (χ1n) is 9.78. The van der Waals surface area contributed by atoms with Crippen molar-refractivity contribution >= 4 is 56.8 Å². The number of hydrogen-bond acceptors (Lipinski definition) is 3. The second kappa shape index (κ2) is 11.6. The van der Waals surface area contributed by atoms with Crippen molar-refractivity contribution in [1.29, 1.82) is 0 Å². The van der Waals surface area contributed by atoms with Crippen molar-refractivity contribution in [1.82, 2.24) is 10.2 Å². The Kier molecular flexibility index (Phi) is 9.19. The quantitative estimate of drug-likeness (QED) is 0.436. The largest absolute Gasteiger partial charge is 0.355 e. The third kappa shape index (κ3) is 7.18. The summed E-state index contributed by atoms with van der Waals surface area (Å²) in [5.41, 5.74) is 2.23. The zero-order valence-electron chi connectivity index (χ0n) is 16.2. The molecule has 1 aliphatic rings. The van der Waals surface area contributed by atoms with Gasteiger partial charge in [-0.3, -0.25) is 9.69 Å². The lowest BCUT2D eigenvalue weighted by Gasteiger charge is -2.32. The summed E-state index contributed by atoms with van der Waals surface area (Å²) < 4.78 is 1.09. The minimum Gasteiger partial charge on any atom is -0.355 e. The lowest BCUT2D eigenvalue weighted by atomic mass is 9.96. The fraction of sp³-hybridized carbons (Fsp3) is 0.409. The van der Waals surface area contributed by atoms with Crippen LogP contribution in [-0.4, -0.2) is 36.2 Å². The van der Waals surface area contributed by atoms with Crippen molar-refractivity contribution in [3.05, 3.63) is 68.1 Å². The van der Waals surface area contributed by atoms with Gasteiger partial charge in [0.05, 0.1) is 5.92 Å². The van der Waals surface area contributed by atoms with Gasteiger partial charge >= 0.3 is 0 Å². The number of likely N-dealkylation sites (tertiary alicyclic amines) is 1. The van der Waals surface area contributed by atoms with E-state index >= 15 is 0 Å². The molecule has 0 bridgehead atoms. The Hall–Kier alpha value is -0.720. The van der Waals surface area contributed by atoms with Crippen molar-refractivity contribution in [2.24, 2.45) is 5.92 Å². The summed E-state index contributed by atoms with van der Waals surface area (Å²) in [5.74, 6) is 1.82. The Labute approximate surface area is 195 Å². The van der Waals surface area contributed by atoms with Crippen LogP contribution in [0.5, 0.6) is 0 Å². The molecular formula is C22H25BrCl2N2OS. The van der Waals surface area contributed by atoms with Crippen LogP contribution < -0.4 is 5.32 Å². The molecule has 3 nitrogen and oxygen atoms in total. The number of halogens is 3. The topological polar surface area (TPSA) is 32.3 Å². The Balaban J connectivity index is 1.39. The van der Waals surface area contributed by atoms with E-state index in [1.54, 1.807) is 11.8 Å². The molecule has 1 fully saturated rings. The number of nitrogens with one attached hydrogen (secondary N) is 1.